The van der Waals surface area contributed by atoms with Crippen molar-refractivity contribution in [3.8, 4) is 0 Å². The van der Waals surface area contributed by atoms with Crippen LogP contribution in [0.3, 0.4) is 0 Å². The number of benzene rings is 1. The molecule has 2 unspecified atom stereocenters. The highest BCUT2D eigenvalue weighted by Gasteiger charge is 2.24. The van der Waals surface area contributed by atoms with Gasteiger partial charge in [0, 0.05) is 5.56 Å². The highest BCUT2D eigenvalue weighted by Crippen LogP contribution is 2.23. The summed E-state index contributed by atoms with van der Waals surface area (Å²) < 4.78 is 26.1. The van der Waals surface area contributed by atoms with Gasteiger partial charge in [-0.05, 0) is 24.6 Å². The molecular formula is C9H11F2N3. The molecule has 0 radical (unpaired) electrons. The first kappa shape index (κ1) is 9.51. The molecule has 2 atom stereocenters. The lowest BCUT2D eigenvalue weighted by Gasteiger charge is -2.10. The minimum absolute atomic E-state index is 0.220. The molecule has 0 aromatic heterocycles. The molecule has 14 heavy (non-hydrogen) atoms. The summed E-state index contributed by atoms with van der Waals surface area (Å²) in [6.07, 6.45) is 0.322. The summed E-state index contributed by atoms with van der Waals surface area (Å²) in [6.45, 7) is 0. The second-order valence-electron chi connectivity index (χ2n) is 3.35. The van der Waals surface area contributed by atoms with E-state index < -0.39 is 11.6 Å². The summed E-state index contributed by atoms with van der Waals surface area (Å²) in [5.41, 5.74) is 11.4. The standard InChI is InChI=1S/C9H11F2N3/c10-5-1-2-7(11)6(3-5)8-4-9(12)14-13-8/h1-3,8-9,13-14H,4,12H2. The van der Waals surface area contributed by atoms with Gasteiger partial charge in [-0.15, -0.1) is 0 Å². The molecule has 0 spiro atoms. The van der Waals surface area contributed by atoms with Crippen LogP contribution in [0.4, 0.5) is 8.78 Å². The van der Waals surface area contributed by atoms with E-state index in [1.165, 1.54) is 6.07 Å². The maximum Gasteiger partial charge on any atom is 0.128 e. The lowest BCUT2D eigenvalue weighted by atomic mass is 10.0. The van der Waals surface area contributed by atoms with Crippen LogP contribution in [-0.4, -0.2) is 6.17 Å². The van der Waals surface area contributed by atoms with Crippen molar-refractivity contribution in [2.24, 2.45) is 5.73 Å². The van der Waals surface area contributed by atoms with Gasteiger partial charge < -0.3 is 5.73 Å². The highest BCUT2D eigenvalue weighted by atomic mass is 19.1. The molecule has 0 aliphatic carbocycles. The van der Waals surface area contributed by atoms with E-state index >= 15 is 0 Å². The Hall–Kier alpha value is -1.04. The van der Waals surface area contributed by atoms with Crippen LogP contribution in [0, 0.1) is 11.6 Å². The average molecular weight is 199 g/mol. The molecule has 1 aliphatic rings. The summed E-state index contributed by atoms with van der Waals surface area (Å²) >= 11 is 0. The van der Waals surface area contributed by atoms with Crippen LogP contribution < -0.4 is 16.6 Å². The Kier molecular flexibility index (Phi) is 2.45. The third kappa shape index (κ3) is 1.75. The molecule has 0 saturated carbocycles. The fourth-order valence-corrected chi connectivity index (χ4v) is 1.57. The van der Waals surface area contributed by atoms with E-state index in [1.54, 1.807) is 0 Å². The zero-order chi connectivity index (χ0) is 10.1. The van der Waals surface area contributed by atoms with E-state index in [0.717, 1.165) is 12.1 Å². The van der Waals surface area contributed by atoms with Gasteiger partial charge in [-0.3, -0.25) is 0 Å². The van der Waals surface area contributed by atoms with Crippen LogP contribution >= 0.6 is 0 Å². The van der Waals surface area contributed by atoms with Crippen molar-refractivity contribution in [2.45, 2.75) is 18.6 Å². The second kappa shape index (κ2) is 3.61. The summed E-state index contributed by atoms with van der Waals surface area (Å²) in [6, 6.07) is 3.14. The average Bonchev–Trinajstić information content (AvgIpc) is 2.56. The van der Waals surface area contributed by atoms with Crippen molar-refractivity contribution in [1.82, 2.24) is 10.9 Å². The highest BCUT2D eigenvalue weighted by molar-refractivity contribution is 5.23. The van der Waals surface area contributed by atoms with Crippen LogP contribution in [-0.2, 0) is 0 Å². The molecule has 5 heteroatoms. The largest absolute Gasteiger partial charge is 0.315 e. The van der Waals surface area contributed by atoms with Crippen molar-refractivity contribution in [2.75, 3.05) is 0 Å². The molecule has 1 fully saturated rings. The summed E-state index contributed by atoms with van der Waals surface area (Å²) in [5, 5.41) is 0. The van der Waals surface area contributed by atoms with E-state index in [0.29, 0.717) is 12.0 Å². The minimum Gasteiger partial charge on any atom is -0.315 e. The summed E-state index contributed by atoms with van der Waals surface area (Å²) in [7, 11) is 0. The van der Waals surface area contributed by atoms with E-state index in [-0.39, 0.29) is 12.2 Å². The van der Waals surface area contributed by atoms with Gasteiger partial charge in [0.2, 0.25) is 0 Å². The molecule has 1 saturated heterocycles. The van der Waals surface area contributed by atoms with Gasteiger partial charge in [0.1, 0.15) is 11.6 Å². The Morgan fingerprint density at radius 1 is 1.29 bits per heavy atom. The normalized spacial score (nSPS) is 26.8. The molecule has 76 valence electrons. The molecular weight excluding hydrogens is 188 g/mol. The first-order valence-corrected chi connectivity index (χ1v) is 4.38. The predicted molar refractivity (Wildman–Crippen MR) is 48.0 cm³/mol. The Labute approximate surface area is 80.3 Å². The summed E-state index contributed by atoms with van der Waals surface area (Å²) in [4.78, 5) is 0. The maximum absolute atomic E-state index is 13.3. The SMILES string of the molecule is NC1CC(c2cc(F)ccc2F)NN1. The Balaban J connectivity index is 2.27. The quantitative estimate of drug-likeness (QED) is 0.626. The first-order chi connectivity index (χ1) is 6.66. The zero-order valence-electron chi connectivity index (χ0n) is 7.43. The number of nitrogens with one attached hydrogen (secondary N) is 2. The Morgan fingerprint density at radius 2 is 2.07 bits per heavy atom. The van der Waals surface area contributed by atoms with Gasteiger partial charge in [-0.25, -0.2) is 19.6 Å². The number of rotatable bonds is 1. The van der Waals surface area contributed by atoms with Gasteiger partial charge in [0.15, 0.2) is 0 Å². The topological polar surface area (TPSA) is 50.1 Å². The van der Waals surface area contributed by atoms with E-state index in [2.05, 4.69) is 10.9 Å². The van der Waals surface area contributed by atoms with Gasteiger partial charge in [-0.2, -0.15) is 0 Å². The minimum atomic E-state index is -0.441. The smallest absolute Gasteiger partial charge is 0.128 e. The fourth-order valence-electron chi connectivity index (χ4n) is 1.57. The summed E-state index contributed by atoms with van der Waals surface area (Å²) in [5.74, 6) is -0.858. The molecule has 1 heterocycles. The Morgan fingerprint density at radius 3 is 2.71 bits per heavy atom. The van der Waals surface area contributed by atoms with Crippen molar-refractivity contribution >= 4 is 0 Å². The molecule has 4 N–H and O–H groups in total. The number of hydrogen-bond donors (Lipinski definition) is 3. The van der Waals surface area contributed by atoms with E-state index in [4.69, 9.17) is 5.73 Å². The maximum atomic E-state index is 13.3. The predicted octanol–water partition coefficient (Wildman–Crippen LogP) is 0.789. The lowest BCUT2D eigenvalue weighted by Crippen LogP contribution is -2.36. The number of halogens is 2. The molecule has 1 aromatic carbocycles. The van der Waals surface area contributed by atoms with Crippen LogP contribution in [0.25, 0.3) is 0 Å². The van der Waals surface area contributed by atoms with Crippen LogP contribution in [0.15, 0.2) is 18.2 Å². The van der Waals surface area contributed by atoms with Crippen molar-refractivity contribution in [1.29, 1.82) is 0 Å². The molecule has 0 amide bonds. The van der Waals surface area contributed by atoms with Gasteiger partial charge in [0.05, 0.1) is 12.2 Å². The van der Waals surface area contributed by atoms with Crippen LogP contribution in [0.5, 0.6) is 0 Å². The molecule has 3 nitrogen and oxygen atoms in total. The Bertz CT molecular complexity index is 343. The first-order valence-electron chi connectivity index (χ1n) is 4.38. The monoisotopic (exact) mass is 199 g/mol. The van der Waals surface area contributed by atoms with Crippen molar-refractivity contribution in [3.63, 3.8) is 0 Å². The fraction of sp³-hybridized carbons (Fsp3) is 0.333. The van der Waals surface area contributed by atoms with Crippen molar-refractivity contribution in [3.05, 3.63) is 35.4 Å². The number of nitrogens with two attached hydrogens (primary N) is 1. The molecule has 1 aromatic rings. The third-order valence-electron chi connectivity index (χ3n) is 2.27. The lowest BCUT2D eigenvalue weighted by molar-refractivity contribution is 0.519. The number of hydrogen-bond acceptors (Lipinski definition) is 3. The van der Waals surface area contributed by atoms with Gasteiger partial charge in [0.25, 0.3) is 0 Å². The molecule has 1 aliphatic heterocycles. The second-order valence-corrected chi connectivity index (χ2v) is 3.35. The number of hydrazine groups is 1. The van der Waals surface area contributed by atoms with Gasteiger partial charge >= 0.3 is 0 Å². The van der Waals surface area contributed by atoms with Crippen LogP contribution in [0.2, 0.25) is 0 Å². The van der Waals surface area contributed by atoms with Crippen LogP contribution in [0.1, 0.15) is 18.0 Å². The van der Waals surface area contributed by atoms with E-state index in [1.807, 2.05) is 0 Å². The van der Waals surface area contributed by atoms with E-state index in [9.17, 15) is 8.78 Å². The van der Waals surface area contributed by atoms with Gasteiger partial charge in [-0.1, -0.05) is 0 Å². The molecule has 0 bridgehead atoms. The van der Waals surface area contributed by atoms with Crippen molar-refractivity contribution < 1.29 is 8.78 Å². The molecule has 2 rings (SSSR count). The zero-order valence-corrected chi connectivity index (χ0v) is 7.43. The third-order valence-corrected chi connectivity index (χ3v) is 2.27.